The summed E-state index contributed by atoms with van der Waals surface area (Å²) in [5.41, 5.74) is 10.2. The number of hydrogen-bond acceptors (Lipinski definition) is 3. The molecule has 2 heterocycles. The first-order valence-electron chi connectivity index (χ1n) is 7.45. The van der Waals surface area contributed by atoms with Crippen LogP contribution >= 0.6 is 23.1 Å². The predicted molar refractivity (Wildman–Crippen MR) is 94.8 cm³/mol. The molecule has 1 aromatic heterocycles. The van der Waals surface area contributed by atoms with Gasteiger partial charge in [0.2, 0.25) is 0 Å². The SMILES string of the molecule is CS/C(N)=[N+]1/N=C2c3ccccc3CC[C@H]2[C@H]1c1cccs1. The van der Waals surface area contributed by atoms with Gasteiger partial charge in [0.05, 0.1) is 16.5 Å². The van der Waals surface area contributed by atoms with E-state index < -0.39 is 0 Å². The minimum absolute atomic E-state index is 0.246. The van der Waals surface area contributed by atoms with Gasteiger partial charge in [0.15, 0.2) is 6.04 Å². The molecular formula is C17H18N3S2+. The van der Waals surface area contributed by atoms with Crippen LogP contribution in [0.2, 0.25) is 0 Å². The van der Waals surface area contributed by atoms with Crippen LogP contribution in [0.15, 0.2) is 46.9 Å². The number of hydrogen-bond donors (Lipinski definition) is 1. The number of nitrogens with two attached hydrogens (primary N) is 1. The Balaban J connectivity index is 1.87. The van der Waals surface area contributed by atoms with E-state index >= 15 is 0 Å². The van der Waals surface area contributed by atoms with Crippen molar-refractivity contribution >= 4 is 34.0 Å². The van der Waals surface area contributed by atoms with E-state index in [9.17, 15) is 0 Å². The van der Waals surface area contributed by atoms with Crippen LogP contribution in [-0.4, -0.2) is 21.8 Å². The van der Waals surface area contributed by atoms with E-state index in [1.165, 1.54) is 21.7 Å². The third-order valence-corrected chi connectivity index (χ3v) is 6.05. The molecule has 0 saturated carbocycles. The average molecular weight is 328 g/mol. The highest BCUT2D eigenvalue weighted by molar-refractivity contribution is 8.12. The van der Waals surface area contributed by atoms with Crippen LogP contribution in [0, 0.1) is 5.92 Å². The van der Waals surface area contributed by atoms with Crippen molar-refractivity contribution < 1.29 is 4.68 Å². The maximum Gasteiger partial charge on any atom is 0.329 e. The van der Waals surface area contributed by atoms with Crippen molar-refractivity contribution in [2.24, 2.45) is 16.8 Å². The van der Waals surface area contributed by atoms with Gasteiger partial charge in [0.1, 0.15) is 0 Å². The van der Waals surface area contributed by atoms with Gasteiger partial charge in [0.25, 0.3) is 0 Å². The molecule has 0 radical (unpaired) electrons. The van der Waals surface area contributed by atoms with Crippen molar-refractivity contribution in [3.8, 4) is 0 Å². The molecule has 0 amide bonds. The highest BCUT2D eigenvalue weighted by Crippen LogP contribution is 2.42. The average Bonchev–Trinajstić information content (AvgIpc) is 3.20. The van der Waals surface area contributed by atoms with E-state index in [0.717, 1.165) is 18.0 Å². The van der Waals surface area contributed by atoms with E-state index in [4.69, 9.17) is 10.8 Å². The van der Waals surface area contributed by atoms with Gasteiger partial charge in [0, 0.05) is 5.56 Å². The van der Waals surface area contributed by atoms with Gasteiger partial charge >= 0.3 is 5.17 Å². The van der Waals surface area contributed by atoms with Crippen LogP contribution in [-0.2, 0) is 6.42 Å². The van der Waals surface area contributed by atoms with E-state index in [0.29, 0.717) is 5.92 Å². The summed E-state index contributed by atoms with van der Waals surface area (Å²) < 4.78 is 2.04. The fraction of sp³-hybridized carbons (Fsp3) is 0.294. The van der Waals surface area contributed by atoms with E-state index in [1.54, 1.807) is 23.1 Å². The molecule has 0 fully saturated rings. The maximum atomic E-state index is 6.25. The maximum absolute atomic E-state index is 6.25. The Morgan fingerprint density at radius 2 is 2.18 bits per heavy atom. The van der Waals surface area contributed by atoms with Gasteiger partial charge in [-0.1, -0.05) is 35.4 Å². The summed E-state index contributed by atoms with van der Waals surface area (Å²) in [4.78, 5) is 1.35. The standard InChI is InChI=1S/C17H17N3S2/c1-21-17(18)20-16(14-7-4-10-22-14)13-9-8-11-5-2-3-6-12(11)15(13)19-20/h2-7,10,13,16,18H,8-9H2,1H3/p+1/t13-,16+/m1/s1. The summed E-state index contributed by atoms with van der Waals surface area (Å²) in [5, 5.41) is 7.85. The van der Waals surface area contributed by atoms with E-state index in [2.05, 4.69) is 41.8 Å². The highest BCUT2D eigenvalue weighted by atomic mass is 32.2. The number of aryl methyl sites for hydroxylation is 1. The Hall–Kier alpha value is -1.59. The number of benzene rings is 1. The summed E-state index contributed by atoms with van der Waals surface area (Å²) in [7, 11) is 0. The molecule has 3 nitrogen and oxygen atoms in total. The molecule has 1 aliphatic carbocycles. The molecule has 2 aromatic rings. The summed E-state index contributed by atoms with van der Waals surface area (Å²) >= 11 is 3.36. The zero-order valence-electron chi connectivity index (χ0n) is 12.4. The fourth-order valence-electron chi connectivity index (χ4n) is 3.48. The number of thiophene rings is 1. The second kappa shape index (κ2) is 5.56. The topological polar surface area (TPSA) is 41.4 Å². The van der Waals surface area contributed by atoms with E-state index in [-0.39, 0.29) is 6.04 Å². The van der Waals surface area contributed by atoms with Crippen LogP contribution in [0.5, 0.6) is 0 Å². The molecule has 0 saturated heterocycles. The van der Waals surface area contributed by atoms with Gasteiger partial charge in [-0.15, -0.1) is 16.0 Å². The smallest absolute Gasteiger partial charge is 0.280 e. The van der Waals surface area contributed by atoms with Gasteiger partial charge < -0.3 is 0 Å². The summed E-state index contributed by atoms with van der Waals surface area (Å²) in [5.74, 6) is 0.430. The molecule has 2 atom stereocenters. The van der Waals surface area contributed by atoms with Gasteiger partial charge in [-0.2, -0.15) is 0 Å². The number of thioether (sulfide) groups is 1. The van der Waals surface area contributed by atoms with Crippen molar-refractivity contribution in [1.29, 1.82) is 0 Å². The Morgan fingerprint density at radius 1 is 1.32 bits per heavy atom. The lowest BCUT2D eigenvalue weighted by atomic mass is 9.79. The number of fused-ring (bicyclic) bond motifs is 3. The molecule has 2 aliphatic rings. The Bertz CT molecular complexity index is 762. The molecule has 5 heteroatoms. The molecule has 22 heavy (non-hydrogen) atoms. The second-order valence-electron chi connectivity index (χ2n) is 5.63. The zero-order valence-corrected chi connectivity index (χ0v) is 14.0. The zero-order chi connectivity index (χ0) is 15.1. The molecule has 4 rings (SSSR count). The van der Waals surface area contributed by atoms with Gasteiger partial charge in [-0.25, -0.2) is 0 Å². The third kappa shape index (κ3) is 2.11. The fourth-order valence-corrected chi connectivity index (χ4v) is 4.69. The first-order chi connectivity index (χ1) is 10.8. The summed E-state index contributed by atoms with van der Waals surface area (Å²) in [6.07, 6.45) is 4.27. The number of rotatable bonds is 1. The Labute approximate surface area is 138 Å². The first-order valence-corrected chi connectivity index (χ1v) is 9.56. The molecule has 0 spiro atoms. The minimum atomic E-state index is 0.246. The van der Waals surface area contributed by atoms with Crippen LogP contribution in [0.3, 0.4) is 0 Å². The lowest BCUT2D eigenvalue weighted by Gasteiger charge is -2.24. The Morgan fingerprint density at radius 3 is 2.95 bits per heavy atom. The summed E-state index contributed by atoms with van der Waals surface area (Å²) in [6.45, 7) is 0. The lowest BCUT2D eigenvalue weighted by molar-refractivity contribution is -0.570. The quantitative estimate of drug-likeness (QED) is 0.643. The normalized spacial score (nSPS) is 25.4. The third-order valence-electron chi connectivity index (χ3n) is 4.50. The minimum Gasteiger partial charge on any atom is -0.280 e. The molecule has 112 valence electrons. The summed E-state index contributed by atoms with van der Waals surface area (Å²) in [6, 6.07) is 13.2. The molecule has 0 unspecified atom stereocenters. The Kier molecular flexibility index (Phi) is 3.54. The number of amidine groups is 1. The highest BCUT2D eigenvalue weighted by Gasteiger charge is 2.44. The molecular weight excluding hydrogens is 310 g/mol. The molecule has 1 aromatic carbocycles. The van der Waals surface area contributed by atoms with Crippen molar-refractivity contribution in [2.45, 2.75) is 18.9 Å². The molecule has 0 bridgehead atoms. The first kappa shape index (κ1) is 14.0. The van der Waals surface area contributed by atoms with Crippen LogP contribution in [0.4, 0.5) is 0 Å². The number of nitrogens with zero attached hydrogens (tertiary/aromatic N) is 2. The monoisotopic (exact) mass is 328 g/mol. The van der Waals surface area contributed by atoms with Gasteiger partial charge in [-0.3, -0.25) is 5.73 Å². The van der Waals surface area contributed by atoms with Crippen molar-refractivity contribution in [3.63, 3.8) is 0 Å². The molecule has 2 N–H and O–H groups in total. The van der Waals surface area contributed by atoms with Crippen molar-refractivity contribution in [2.75, 3.05) is 6.26 Å². The second-order valence-corrected chi connectivity index (χ2v) is 7.44. The van der Waals surface area contributed by atoms with Crippen LogP contribution in [0.25, 0.3) is 0 Å². The van der Waals surface area contributed by atoms with Crippen LogP contribution < -0.4 is 5.73 Å². The van der Waals surface area contributed by atoms with Crippen molar-refractivity contribution in [1.82, 2.24) is 0 Å². The van der Waals surface area contributed by atoms with E-state index in [1.807, 2.05) is 10.9 Å². The lowest BCUT2D eigenvalue weighted by Crippen LogP contribution is -2.28. The largest absolute Gasteiger partial charge is 0.329 e. The van der Waals surface area contributed by atoms with Crippen LogP contribution in [0.1, 0.15) is 28.5 Å². The number of hydrazone groups is 1. The van der Waals surface area contributed by atoms with Gasteiger partial charge in [-0.05, 0) is 47.9 Å². The molecule has 1 aliphatic heterocycles. The van der Waals surface area contributed by atoms with Crippen molar-refractivity contribution in [3.05, 3.63) is 57.8 Å². The predicted octanol–water partition coefficient (Wildman–Crippen LogP) is 3.46.